The Kier molecular flexibility index (Phi) is 3.29. The van der Waals surface area contributed by atoms with Crippen molar-refractivity contribution in [3.8, 4) is 0 Å². The van der Waals surface area contributed by atoms with Crippen LogP contribution in [0.15, 0.2) is 10.7 Å². The van der Waals surface area contributed by atoms with Gasteiger partial charge in [0, 0.05) is 18.3 Å². The van der Waals surface area contributed by atoms with Gasteiger partial charge in [-0.2, -0.15) is 16.9 Å². The summed E-state index contributed by atoms with van der Waals surface area (Å²) < 4.78 is 1.06. The molecule has 0 radical (unpaired) electrons. The van der Waals surface area contributed by atoms with Gasteiger partial charge in [0.1, 0.15) is 0 Å². The van der Waals surface area contributed by atoms with Crippen molar-refractivity contribution in [3.05, 3.63) is 16.4 Å². The van der Waals surface area contributed by atoms with Gasteiger partial charge in [0.15, 0.2) is 0 Å². The summed E-state index contributed by atoms with van der Waals surface area (Å²) in [6.45, 7) is 0.881. The quantitative estimate of drug-likeness (QED) is 0.872. The summed E-state index contributed by atoms with van der Waals surface area (Å²) in [5, 5.41) is 10.4. The molecule has 1 saturated heterocycles. The number of hydrogen-bond donors (Lipinski definition) is 2. The Labute approximate surface area is 90.2 Å². The lowest BCUT2D eigenvalue weighted by Gasteiger charge is -2.09. The number of halogens is 1. The van der Waals surface area contributed by atoms with Gasteiger partial charge in [-0.25, -0.2) is 0 Å². The van der Waals surface area contributed by atoms with Crippen LogP contribution in [0.4, 0.5) is 0 Å². The molecule has 72 valence electrons. The molecule has 13 heavy (non-hydrogen) atoms. The molecule has 2 N–H and O–H groups in total. The third-order valence-electron chi connectivity index (χ3n) is 2.16. The Balaban J connectivity index is 1.82. The van der Waals surface area contributed by atoms with E-state index >= 15 is 0 Å². The van der Waals surface area contributed by atoms with Gasteiger partial charge in [0.25, 0.3) is 0 Å². The molecule has 1 unspecified atom stereocenters. The van der Waals surface area contributed by atoms with Gasteiger partial charge >= 0.3 is 0 Å². The molecule has 1 atom stereocenters. The van der Waals surface area contributed by atoms with Crippen LogP contribution in [0.25, 0.3) is 0 Å². The molecule has 2 heterocycles. The number of rotatable bonds is 3. The molecule has 1 aromatic rings. The maximum absolute atomic E-state index is 3.95. The highest BCUT2D eigenvalue weighted by Crippen LogP contribution is 2.18. The predicted molar refractivity (Wildman–Crippen MR) is 58.9 cm³/mol. The second-order valence-electron chi connectivity index (χ2n) is 3.14. The molecule has 3 nitrogen and oxygen atoms in total. The smallest absolute Gasteiger partial charge is 0.0633 e. The van der Waals surface area contributed by atoms with E-state index in [0.29, 0.717) is 6.04 Å². The standard InChI is InChI=1S/C8H12BrN3S/c9-7-3-11-12-8(7)4-10-6-1-2-13-5-6/h3,6,10H,1-2,4-5H2,(H,11,12). The monoisotopic (exact) mass is 261 g/mol. The molecule has 1 fully saturated rings. The second kappa shape index (κ2) is 4.48. The van der Waals surface area contributed by atoms with Crippen LogP contribution in [-0.2, 0) is 6.54 Å². The van der Waals surface area contributed by atoms with Crippen LogP contribution in [-0.4, -0.2) is 27.7 Å². The minimum Gasteiger partial charge on any atom is -0.307 e. The van der Waals surface area contributed by atoms with Crippen molar-refractivity contribution in [2.45, 2.75) is 19.0 Å². The topological polar surface area (TPSA) is 40.7 Å². The van der Waals surface area contributed by atoms with E-state index in [1.807, 2.05) is 11.8 Å². The van der Waals surface area contributed by atoms with E-state index in [9.17, 15) is 0 Å². The first-order valence-electron chi connectivity index (χ1n) is 4.35. The minimum absolute atomic E-state index is 0.681. The fourth-order valence-electron chi connectivity index (χ4n) is 1.36. The third kappa shape index (κ3) is 2.48. The van der Waals surface area contributed by atoms with Gasteiger partial charge in [-0.05, 0) is 28.1 Å². The largest absolute Gasteiger partial charge is 0.307 e. The Morgan fingerprint density at radius 1 is 1.77 bits per heavy atom. The number of aromatic amines is 1. The molecule has 2 rings (SSSR count). The van der Waals surface area contributed by atoms with Crippen molar-refractivity contribution in [2.75, 3.05) is 11.5 Å². The summed E-state index contributed by atoms with van der Waals surface area (Å²) >= 11 is 5.46. The minimum atomic E-state index is 0.681. The number of hydrogen-bond acceptors (Lipinski definition) is 3. The van der Waals surface area contributed by atoms with Crippen molar-refractivity contribution in [1.29, 1.82) is 0 Å². The number of nitrogens with zero attached hydrogens (tertiary/aromatic N) is 1. The second-order valence-corrected chi connectivity index (χ2v) is 5.14. The summed E-state index contributed by atoms with van der Waals surface area (Å²) in [6, 6.07) is 0.681. The molecular formula is C8H12BrN3S. The molecule has 0 aliphatic carbocycles. The average Bonchev–Trinajstić information content (AvgIpc) is 2.72. The van der Waals surface area contributed by atoms with Crippen LogP contribution >= 0.6 is 27.7 Å². The summed E-state index contributed by atoms with van der Waals surface area (Å²) in [7, 11) is 0. The fraction of sp³-hybridized carbons (Fsp3) is 0.625. The molecule has 0 spiro atoms. The van der Waals surface area contributed by atoms with Gasteiger partial charge in [0.2, 0.25) is 0 Å². The Morgan fingerprint density at radius 3 is 3.31 bits per heavy atom. The lowest BCUT2D eigenvalue weighted by Crippen LogP contribution is -2.28. The molecular weight excluding hydrogens is 250 g/mol. The number of nitrogens with one attached hydrogen (secondary N) is 2. The highest BCUT2D eigenvalue weighted by Gasteiger charge is 2.14. The molecule has 5 heteroatoms. The first-order chi connectivity index (χ1) is 6.36. The number of aromatic nitrogens is 2. The van der Waals surface area contributed by atoms with Crippen molar-refractivity contribution >= 4 is 27.7 Å². The Bertz CT molecular complexity index is 270. The number of thioether (sulfide) groups is 1. The van der Waals surface area contributed by atoms with E-state index in [0.717, 1.165) is 16.7 Å². The maximum atomic E-state index is 3.95. The summed E-state index contributed by atoms with van der Waals surface area (Å²) in [6.07, 6.45) is 3.08. The fourth-order valence-corrected chi connectivity index (χ4v) is 2.88. The first kappa shape index (κ1) is 9.55. The zero-order valence-electron chi connectivity index (χ0n) is 7.22. The lowest BCUT2D eigenvalue weighted by molar-refractivity contribution is 0.550. The highest BCUT2D eigenvalue weighted by molar-refractivity contribution is 9.10. The van der Waals surface area contributed by atoms with Gasteiger partial charge in [-0.3, -0.25) is 5.10 Å². The molecule has 0 amide bonds. The summed E-state index contributed by atoms with van der Waals surface area (Å²) in [5.41, 5.74) is 1.14. The zero-order chi connectivity index (χ0) is 9.10. The number of H-pyrrole nitrogens is 1. The molecule has 0 aromatic carbocycles. The van der Waals surface area contributed by atoms with Crippen LogP contribution in [0, 0.1) is 0 Å². The van der Waals surface area contributed by atoms with Crippen LogP contribution in [0.3, 0.4) is 0 Å². The van der Waals surface area contributed by atoms with Gasteiger partial charge in [-0.1, -0.05) is 0 Å². The Hall–Kier alpha value is -0.0000000000000000555. The van der Waals surface area contributed by atoms with E-state index in [-0.39, 0.29) is 0 Å². The summed E-state index contributed by atoms with van der Waals surface area (Å²) in [4.78, 5) is 0. The molecule has 1 aliphatic heterocycles. The Morgan fingerprint density at radius 2 is 2.69 bits per heavy atom. The van der Waals surface area contributed by atoms with E-state index in [4.69, 9.17) is 0 Å². The normalized spacial score (nSPS) is 22.4. The van der Waals surface area contributed by atoms with E-state index < -0.39 is 0 Å². The highest BCUT2D eigenvalue weighted by atomic mass is 79.9. The molecule has 1 aromatic heterocycles. The van der Waals surface area contributed by atoms with E-state index in [1.54, 1.807) is 6.20 Å². The van der Waals surface area contributed by atoms with Crippen molar-refractivity contribution in [1.82, 2.24) is 15.5 Å². The van der Waals surface area contributed by atoms with Gasteiger partial charge < -0.3 is 5.32 Å². The van der Waals surface area contributed by atoms with E-state index in [2.05, 4.69) is 31.4 Å². The third-order valence-corrected chi connectivity index (χ3v) is 4.01. The van der Waals surface area contributed by atoms with Gasteiger partial charge in [-0.15, -0.1) is 0 Å². The molecule has 0 bridgehead atoms. The molecule has 1 aliphatic rings. The predicted octanol–water partition coefficient (Wildman–Crippen LogP) is 1.77. The first-order valence-corrected chi connectivity index (χ1v) is 6.30. The van der Waals surface area contributed by atoms with Crippen molar-refractivity contribution in [3.63, 3.8) is 0 Å². The maximum Gasteiger partial charge on any atom is 0.0633 e. The lowest BCUT2D eigenvalue weighted by atomic mass is 10.2. The van der Waals surface area contributed by atoms with Gasteiger partial charge in [0.05, 0.1) is 16.4 Å². The average molecular weight is 262 g/mol. The van der Waals surface area contributed by atoms with E-state index in [1.165, 1.54) is 17.9 Å². The van der Waals surface area contributed by atoms with Crippen LogP contribution in [0.5, 0.6) is 0 Å². The molecule has 0 saturated carbocycles. The van der Waals surface area contributed by atoms with Crippen LogP contribution in [0.2, 0.25) is 0 Å². The summed E-state index contributed by atoms with van der Waals surface area (Å²) in [5.74, 6) is 2.54. The van der Waals surface area contributed by atoms with Crippen LogP contribution < -0.4 is 5.32 Å². The zero-order valence-corrected chi connectivity index (χ0v) is 9.62. The van der Waals surface area contributed by atoms with Crippen molar-refractivity contribution < 1.29 is 0 Å². The van der Waals surface area contributed by atoms with Crippen molar-refractivity contribution in [2.24, 2.45) is 0 Å². The van der Waals surface area contributed by atoms with Crippen LogP contribution in [0.1, 0.15) is 12.1 Å². The SMILES string of the molecule is Brc1cn[nH]c1CNC1CCSC1.